The van der Waals surface area contributed by atoms with Crippen LogP contribution in [-0.2, 0) is 11.3 Å². The molecule has 2 aromatic heterocycles. The minimum atomic E-state index is -0.602. The summed E-state index contributed by atoms with van der Waals surface area (Å²) < 4.78 is 15.4. The van der Waals surface area contributed by atoms with Gasteiger partial charge in [-0.3, -0.25) is 19.4 Å². The van der Waals surface area contributed by atoms with E-state index in [0.29, 0.717) is 11.2 Å². The van der Waals surface area contributed by atoms with Gasteiger partial charge in [-0.2, -0.15) is 0 Å². The molecule has 0 bridgehead atoms. The van der Waals surface area contributed by atoms with Crippen LogP contribution in [0.1, 0.15) is 27.0 Å². The molecule has 4 rings (SSSR count). The normalized spacial score (nSPS) is 10.8. The highest BCUT2D eigenvalue weighted by Gasteiger charge is 2.19. The second-order valence-corrected chi connectivity index (χ2v) is 7.54. The van der Waals surface area contributed by atoms with Gasteiger partial charge in [0.05, 0.1) is 11.1 Å². The number of aromatic nitrogens is 2. The summed E-state index contributed by atoms with van der Waals surface area (Å²) in [5, 5.41) is 2.93. The van der Waals surface area contributed by atoms with Crippen LogP contribution in [0.25, 0.3) is 10.9 Å². The highest BCUT2D eigenvalue weighted by atomic mass is 19.1. The Kier molecular flexibility index (Phi) is 5.64. The number of nitrogens with zero attached hydrogens (tertiary/aromatic N) is 2. The lowest BCUT2D eigenvalue weighted by atomic mass is 10.0. The topological polar surface area (TPSA) is 81.1 Å². The van der Waals surface area contributed by atoms with Gasteiger partial charge in [0.25, 0.3) is 0 Å². The van der Waals surface area contributed by atoms with Gasteiger partial charge in [0.1, 0.15) is 12.4 Å². The van der Waals surface area contributed by atoms with Gasteiger partial charge in [-0.25, -0.2) is 4.39 Å². The van der Waals surface area contributed by atoms with Crippen molar-refractivity contribution in [2.45, 2.75) is 20.4 Å². The Bertz CT molecular complexity index is 1390. The molecule has 0 saturated carbocycles. The molecule has 0 unspecified atom stereocenters. The number of rotatable bonds is 5. The highest BCUT2D eigenvalue weighted by molar-refractivity contribution is 6.10. The van der Waals surface area contributed by atoms with Gasteiger partial charge in [0.2, 0.25) is 11.3 Å². The first-order chi connectivity index (χ1) is 15.3. The largest absolute Gasteiger partial charge is 0.337 e. The first-order valence-corrected chi connectivity index (χ1v) is 9.98. The van der Waals surface area contributed by atoms with Gasteiger partial charge < -0.3 is 9.88 Å². The van der Waals surface area contributed by atoms with Gasteiger partial charge in [-0.15, -0.1) is 0 Å². The van der Waals surface area contributed by atoms with Gasteiger partial charge >= 0.3 is 0 Å². The van der Waals surface area contributed by atoms with E-state index in [1.54, 1.807) is 0 Å². The number of hydrogen-bond donors (Lipinski definition) is 1. The number of amides is 1. The number of carbonyl (C=O) groups is 2. The Morgan fingerprint density at radius 2 is 1.72 bits per heavy atom. The van der Waals surface area contributed by atoms with Gasteiger partial charge in [0, 0.05) is 35.2 Å². The van der Waals surface area contributed by atoms with Crippen LogP contribution >= 0.6 is 0 Å². The predicted octanol–water partition coefficient (Wildman–Crippen LogP) is 4.02. The van der Waals surface area contributed by atoms with Crippen molar-refractivity contribution in [1.82, 2.24) is 9.55 Å². The fourth-order valence-corrected chi connectivity index (χ4v) is 3.67. The average molecular weight is 429 g/mol. The highest BCUT2D eigenvalue weighted by Crippen LogP contribution is 2.20. The van der Waals surface area contributed by atoms with E-state index in [1.165, 1.54) is 47.4 Å². The van der Waals surface area contributed by atoms with Crippen molar-refractivity contribution >= 4 is 28.3 Å². The number of hydrogen-bond acceptors (Lipinski definition) is 4. The van der Waals surface area contributed by atoms with Crippen molar-refractivity contribution in [3.8, 4) is 0 Å². The van der Waals surface area contributed by atoms with Crippen molar-refractivity contribution in [3.05, 3.63) is 105 Å². The molecule has 0 radical (unpaired) electrons. The Balaban J connectivity index is 1.78. The number of carbonyl (C=O) groups excluding carboxylic acids is 2. The quantitative estimate of drug-likeness (QED) is 0.486. The molecule has 1 N–H and O–H groups in total. The van der Waals surface area contributed by atoms with Crippen molar-refractivity contribution in [2.75, 3.05) is 5.32 Å². The minimum Gasteiger partial charge on any atom is -0.337 e. The Labute approximate surface area is 183 Å². The SMILES string of the molecule is Cc1cccc(C)c1NC(=O)Cn1cc(C(=O)c2ccncc2)c(=O)c2cc(F)ccc21. The number of ketones is 1. The van der Waals surface area contributed by atoms with Crippen molar-refractivity contribution in [2.24, 2.45) is 0 Å². The lowest BCUT2D eigenvalue weighted by Gasteiger charge is -2.15. The van der Waals surface area contributed by atoms with E-state index in [9.17, 15) is 18.8 Å². The fraction of sp³-hybridized carbons (Fsp3) is 0.120. The summed E-state index contributed by atoms with van der Waals surface area (Å²) in [6.45, 7) is 3.63. The maximum absolute atomic E-state index is 13.9. The number of para-hydroxylation sites is 1. The van der Waals surface area contributed by atoms with Crippen molar-refractivity contribution < 1.29 is 14.0 Å². The predicted molar refractivity (Wildman–Crippen MR) is 120 cm³/mol. The Morgan fingerprint density at radius 3 is 2.41 bits per heavy atom. The molecule has 2 aromatic carbocycles. The third kappa shape index (κ3) is 4.05. The molecular weight excluding hydrogens is 409 g/mol. The molecule has 0 aliphatic carbocycles. The number of pyridine rings is 2. The lowest BCUT2D eigenvalue weighted by molar-refractivity contribution is -0.116. The molecule has 0 aliphatic heterocycles. The van der Waals surface area contributed by atoms with Crippen molar-refractivity contribution in [3.63, 3.8) is 0 Å². The number of nitrogens with one attached hydrogen (secondary N) is 1. The smallest absolute Gasteiger partial charge is 0.244 e. The number of halogens is 1. The first-order valence-electron chi connectivity index (χ1n) is 9.98. The summed E-state index contributed by atoms with van der Waals surface area (Å²) in [5.41, 5.74) is 2.44. The number of fused-ring (bicyclic) bond motifs is 1. The number of benzene rings is 2. The zero-order valence-corrected chi connectivity index (χ0v) is 17.6. The van der Waals surface area contributed by atoms with E-state index in [2.05, 4.69) is 10.3 Å². The van der Waals surface area contributed by atoms with Gasteiger partial charge in [0.15, 0.2) is 5.78 Å². The van der Waals surface area contributed by atoms with Crippen LogP contribution in [0.2, 0.25) is 0 Å². The summed E-state index contributed by atoms with van der Waals surface area (Å²) >= 11 is 0. The number of anilines is 1. The Morgan fingerprint density at radius 1 is 1.03 bits per heavy atom. The van der Waals surface area contributed by atoms with Crippen LogP contribution in [0, 0.1) is 19.7 Å². The van der Waals surface area contributed by atoms with Crippen LogP contribution in [0.5, 0.6) is 0 Å². The zero-order chi connectivity index (χ0) is 22.8. The van der Waals surface area contributed by atoms with Crippen LogP contribution in [-0.4, -0.2) is 21.2 Å². The molecule has 2 heterocycles. The second-order valence-electron chi connectivity index (χ2n) is 7.54. The molecule has 32 heavy (non-hydrogen) atoms. The third-order valence-corrected chi connectivity index (χ3v) is 5.29. The van der Waals surface area contributed by atoms with E-state index in [-0.39, 0.29) is 29.0 Å². The third-order valence-electron chi connectivity index (χ3n) is 5.29. The van der Waals surface area contributed by atoms with Gasteiger partial charge in [-0.05, 0) is 55.3 Å². The monoisotopic (exact) mass is 429 g/mol. The molecule has 6 nitrogen and oxygen atoms in total. The molecule has 0 spiro atoms. The molecule has 0 saturated heterocycles. The Hall–Kier alpha value is -4.13. The van der Waals surface area contributed by atoms with Crippen LogP contribution in [0.3, 0.4) is 0 Å². The maximum atomic E-state index is 13.9. The van der Waals surface area contributed by atoms with E-state index in [0.717, 1.165) is 17.2 Å². The fourth-order valence-electron chi connectivity index (χ4n) is 3.67. The first kappa shape index (κ1) is 21.1. The van der Waals surface area contributed by atoms with Crippen LogP contribution in [0.15, 0.2) is 71.9 Å². The minimum absolute atomic E-state index is 0.0322. The second kappa shape index (κ2) is 8.55. The van der Waals surface area contributed by atoms with E-state index < -0.39 is 17.0 Å². The summed E-state index contributed by atoms with van der Waals surface area (Å²) in [4.78, 5) is 42.7. The summed E-state index contributed by atoms with van der Waals surface area (Å²) in [6.07, 6.45) is 4.25. The molecular formula is C25H20FN3O3. The van der Waals surface area contributed by atoms with Crippen LogP contribution < -0.4 is 10.7 Å². The van der Waals surface area contributed by atoms with E-state index in [1.807, 2.05) is 32.0 Å². The average Bonchev–Trinajstić information content (AvgIpc) is 2.78. The van der Waals surface area contributed by atoms with Crippen molar-refractivity contribution in [1.29, 1.82) is 0 Å². The molecule has 0 fully saturated rings. The van der Waals surface area contributed by atoms with E-state index >= 15 is 0 Å². The maximum Gasteiger partial charge on any atom is 0.244 e. The van der Waals surface area contributed by atoms with Crippen LogP contribution in [0.4, 0.5) is 10.1 Å². The molecule has 1 amide bonds. The summed E-state index contributed by atoms with van der Waals surface area (Å²) in [5.74, 6) is -1.46. The summed E-state index contributed by atoms with van der Waals surface area (Å²) in [7, 11) is 0. The summed E-state index contributed by atoms with van der Waals surface area (Å²) in [6, 6.07) is 12.4. The standard InChI is InChI=1S/C25H20FN3O3/c1-15-4-3-5-16(2)23(15)28-22(30)14-29-13-20(24(31)17-8-10-27-11-9-17)25(32)19-12-18(26)6-7-21(19)29/h3-13H,14H2,1-2H3,(H,28,30). The molecule has 0 aliphatic rings. The lowest BCUT2D eigenvalue weighted by Crippen LogP contribution is -2.24. The molecule has 160 valence electrons. The molecule has 4 aromatic rings. The molecule has 7 heteroatoms. The van der Waals surface area contributed by atoms with E-state index in [4.69, 9.17) is 0 Å². The number of aryl methyl sites for hydroxylation is 2. The zero-order valence-electron chi connectivity index (χ0n) is 17.6. The van der Waals surface area contributed by atoms with Gasteiger partial charge in [-0.1, -0.05) is 18.2 Å². The molecule has 0 atom stereocenters.